The molecule has 1 aliphatic heterocycles. The molecular weight excluding hydrogens is 490 g/mol. The fraction of sp³-hybridized carbons (Fsp3) is 0.483. The number of unbranched alkanes of at least 4 members (excludes halogenated alkanes) is 2. The van der Waals surface area contributed by atoms with Crippen molar-refractivity contribution in [2.75, 3.05) is 30.1 Å². The molecule has 2 aromatic rings. The molecule has 0 amide bonds. The van der Waals surface area contributed by atoms with Crippen LogP contribution in [0, 0.1) is 5.41 Å². The number of para-hydroxylation sites is 1. The van der Waals surface area contributed by atoms with Gasteiger partial charge in [-0.05, 0) is 44.2 Å². The summed E-state index contributed by atoms with van der Waals surface area (Å²) in [6, 6.07) is 14.4. The van der Waals surface area contributed by atoms with Crippen LogP contribution in [0.5, 0.6) is 5.75 Å². The molecule has 2 aromatic carbocycles. The highest BCUT2D eigenvalue weighted by Crippen LogP contribution is 2.46. The fourth-order valence-electron chi connectivity index (χ4n) is 4.72. The zero-order valence-electron chi connectivity index (χ0n) is 22.0. The van der Waals surface area contributed by atoms with Crippen LogP contribution in [-0.2, 0) is 20.3 Å². The van der Waals surface area contributed by atoms with Crippen LogP contribution in [0.4, 0.5) is 11.4 Å². The predicted molar refractivity (Wildman–Crippen MR) is 151 cm³/mol. The minimum absolute atomic E-state index is 0.0316. The lowest BCUT2D eigenvalue weighted by Gasteiger charge is -2.37. The molecule has 7 heteroatoms. The van der Waals surface area contributed by atoms with Gasteiger partial charge < -0.3 is 14.4 Å². The SMILES string of the molecule is CCCCC1(CCCC)CN(c2ccccc2)c2cc(SC)c(O/C=C\C(=O)OCC)cc2S(=O)C1. The van der Waals surface area contributed by atoms with E-state index in [9.17, 15) is 9.00 Å². The lowest BCUT2D eigenvalue weighted by Crippen LogP contribution is -2.37. The number of rotatable bonds is 12. The Morgan fingerprint density at radius 3 is 2.42 bits per heavy atom. The third-order valence-electron chi connectivity index (χ3n) is 6.59. The molecule has 36 heavy (non-hydrogen) atoms. The number of benzene rings is 2. The van der Waals surface area contributed by atoms with Crippen molar-refractivity contribution in [3.63, 3.8) is 0 Å². The van der Waals surface area contributed by atoms with Crippen molar-refractivity contribution in [2.24, 2.45) is 5.41 Å². The number of carbonyl (C=O) groups excluding carboxylic acids is 1. The van der Waals surface area contributed by atoms with E-state index in [0.717, 1.165) is 66.2 Å². The van der Waals surface area contributed by atoms with Crippen molar-refractivity contribution in [1.29, 1.82) is 0 Å². The number of hydrogen-bond donors (Lipinski definition) is 0. The Labute approximate surface area is 223 Å². The maximum atomic E-state index is 14.0. The molecule has 0 N–H and O–H groups in total. The molecule has 3 rings (SSSR count). The Kier molecular flexibility index (Phi) is 10.9. The van der Waals surface area contributed by atoms with Gasteiger partial charge in [-0.15, -0.1) is 11.8 Å². The highest BCUT2D eigenvalue weighted by Gasteiger charge is 2.39. The minimum atomic E-state index is -1.19. The summed E-state index contributed by atoms with van der Waals surface area (Å²) in [5.74, 6) is 0.784. The van der Waals surface area contributed by atoms with Gasteiger partial charge in [-0.2, -0.15) is 0 Å². The van der Waals surface area contributed by atoms with Crippen molar-refractivity contribution in [3.8, 4) is 5.75 Å². The molecule has 0 spiro atoms. The second-order valence-corrected chi connectivity index (χ2v) is 11.5. The zero-order chi connectivity index (χ0) is 26.0. The Bertz CT molecular complexity index is 1050. The van der Waals surface area contributed by atoms with E-state index in [2.05, 4.69) is 49.1 Å². The molecule has 0 saturated heterocycles. The number of esters is 1. The van der Waals surface area contributed by atoms with Crippen LogP contribution >= 0.6 is 11.8 Å². The molecule has 0 aliphatic carbocycles. The first kappa shape index (κ1) is 28.3. The van der Waals surface area contributed by atoms with E-state index < -0.39 is 16.8 Å². The standard InChI is InChI=1S/C29H39NO4S2/c1-5-8-16-29(17-9-6-2)21-30(23-13-11-10-12-14-23)24-19-26(35-4)25(20-27(24)36(32)22-29)34-18-15-28(31)33-7-3/h10-15,18-20H,5-9,16-17,21-22H2,1-4H3/b18-15-. The van der Waals surface area contributed by atoms with Gasteiger partial charge in [0, 0.05) is 29.5 Å². The van der Waals surface area contributed by atoms with Crippen LogP contribution in [-0.4, -0.2) is 35.3 Å². The van der Waals surface area contributed by atoms with Gasteiger partial charge in [-0.3, -0.25) is 4.21 Å². The van der Waals surface area contributed by atoms with Crippen molar-refractivity contribution in [3.05, 3.63) is 54.8 Å². The van der Waals surface area contributed by atoms with E-state index in [1.807, 2.05) is 18.4 Å². The average Bonchev–Trinajstić information content (AvgIpc) is 3.01. The maximum absolute atomic E-state index is 14.0. The molecule has 196 valence electrons. The third-order valence-corrected chi connectivity index (χ3v) is 9.04. The molecule has 1 aliphatic rings. The maximum Gasteiger partial charge on any atom is 0.333 e. The predicted octanol–water partition coefficient (Wildman–Crippen LogP) is 7.49. The molecule has 1 atom stereocenters. The molecular formula is C29H39NO4S2. The van der Waals surface area contributed by atoms with E-state index in [1.54, 1.807) is 18.7 Å². The third kappa shape index (κ3) is 7.16. The van der Waals surface area contributed by atoms with Crippen LogP contribution in [0.25, 0.3) is 0 Å². The minimum Gasteiger partial charge on any atom is -0.464 e. The number of hydrogen-bond acceptors (Lipinski definition) is 6. The lowest BCUT2D eigenvalue weighted by atomic mass is 9.79. The van der Waals surface area contributed by atoms with E-state index in [1.165, 1.54) is 12.3 Å². The molecule has 0 fully saturated rings. The summed E-state index contributed by atoms with van der Waals surface area (Å²) in [5.41, 5.74) is 2.05. The first-order valence-corrected chi connectivity index (χ1v) is 15.4. The van der Waals surface area contributed by atoms with Crippen molar-refractivity contribution >= 4 is 39.9 Å². The second kappa shape index (κ2) is 13.9. The summed E-state index contributed by atoms with van der Waals surface area (Å²) in [7, 11) is -1.19. The molecule has 0 radical (unpaired) electrons. The van der Waals surface area contributed by atoms with Gasteiger partial charge in [0.1, 0.15) is 5.75 Å². The first-order chi connectivity index (χ1) is 17.5. The molecule has 0 bridgehead atoms. The van der Waals surface area contributed by atoms with Gasteiger partial charge in [0.05, 0.1) is 45.2 Å². The highest BCUT2D eigenvalue weighted by atomic mass is 32.2. The van der Waals surface area contributed by atoms with Gasteiger partial charge in [-0.25, -0.2) is 4.79 Å². The summed E-state index contributed by atoms with van der Waals surface area (Å²) in [5, 5.41) is 0. The van der Waals surface area contributed by atoms with E-state index in [-0.39, 0.29) is 5.41 Å². The van der Waals surface area contributed by atoms with Crippen molar-refractivity contribution < 1.29 is 18.5 Å². The summed E-state index contributed by atoms with van der Waals surface area (Å²) < 4.78 is 24.8. The Hall–Kier alpha value is -2.25. The van der Waals surface area contributed by atoms with Gasteiger partial charge in [0.25, 0.3) is 0 Å². The molecule has 0 saturated carbocycles. The number of thioether (sulfide) groups is 1. The second-order valence-electron chi connectivity index (χ2n) is 9.26. The van der Waals surface area contributed by atoms with Crippen molar-refractivity contribution in [2.45, 2.75) is 69.1 Å². The van der Waals surface area contributed by atoms with E-state index in [4.69, 9.17) is 9.47 Å². The summed E-state index contributed by atoms with van der Waals surface area (Å²) >= 11 is 1.57. The summed E-state index contributed by atoms with van der Waals surface area (Å²) in [6.45, 7) is 7.36. The topological polar surface area (TPSA) is 55.8 Å². The van der Waals surface area contributed by atoms with Gasteiger partial charge >= 0.3 is 5.97 Å². The largest absolute Gasteiger partial charge is 0.464 e. The summed E-state index contributed by atoms with van der Waals surface area (Å²) in [6.07, 6.45) is 11.2. The van der Waals surface area contributed by atoms with Crippen LogP contribution in [0.2, 0.25) is 0 Å². The first-order valence-electron chi connectivity index (χ1n) is 12.9. The number of fused-ring (bicyclic) bond motifs is 1. The van der Waals surface area contributed by atoms with Crippen LogP contribution < -0.4 is 9.64 Å². The smallest absolute Gasteiger partial charge is 0.333 e. The number of anilines is 2. The molecule has 0 aromatic heterocycles. The monoisotopic (exact) mass is 529 g/mol. The Morgan fingerprint density at radius 2 is 1.81 bits per heavy atom. The molecule has 1 heterocycles. The fourth-order valence-corrected chi connectivity index (χ4v) is 6.99. The van der Waals surface area contributed by atoms with Crippen LogP contribution in [0.15, 0.2) is 64.6 Å². The molecule has 1 unspecified atom stereocenters. The van der Waals surface area contributed by atoms with Crippen LogP contribution in [0.3, 0.4) is 0 Å². The Balaban J connectivity index is 2.09. The number of nitrogens with zero attached hydrogens (tertiary/aromatic N) is 1. The lowest BCUT2D eigenvalue weighted by molar-refractivity contribution is -0.137. The van der Waals surface area contributed by atoms with Crippen LogP contribution in [0.1, 0.15) is 59.3 Å². The van der Waals surface area contributed by atoms with E-state index in [0.29, 0.717) is 18.1 Å². The zero-order valence-corrected chi connectivity index (χ0v) is 23.6. The Morgan fingerprint density at radius 1 is 1.11 bits per heavy atom. The molecule has 5 nitrogen and oxygen atoms in total. The van der Waals surface area contributed by atoms with Gasteiger partial charge in [-0.1, -0.05) is 57.7 Å². The van der Waals surface area contributed by atoms with Gasteiger partial charge in [0.2, 0.25) is 0 Å². The van der Waals surface area contributed by atoms with Gasteiger partial charge in [0.15, 0.2) is 0 Å². The normalized spacial score (nSPS) is 17.0. The van der Waals surface area contributed by atoms with Crippen molar-refractivity contribution in [1.82, 2.24) is 0 Å². The quantitative estimate of drug-likeness (QED) is 0.123. The highest BCUT2D eigenvalue weighted by molar-refractivity contribution is 7.98. The number of ether oxygens (including phenoxy) is 2. The summed E-state index contributed by atoms with van der Waals surface area (Å²) in [4.78, 5) is 15.8. The average molecular weight is 530 g/mol. The van der Waals surface area contributed by atoms with E-state index >= 15 is 0 Å². The number of carbonyl (C=O) groups is 1.